The zero-order valence-electron chi connectivity index (χ0n) is 15.0. The van der Waals surface area contributed by atoms with Crippen LogP contribution in [-0.4, -0.2) is 78.2 Å². The van der Waals surface area contributed by atoms with E-state index in [0.717, 1.165) is 63.3 Å². The number of rotatable bonds is 7. The Balaban J connectivity index is 1.52. The molecule has 2 aromatic heterocycles. The molecule has 134 valence electrons. The van der Waals surface area contributed by atoms with Gasteiger partial charge in [0.2, 0.25) is 5.95 Å². The minimum Gasteiger partial charge on any atom is -0.370 e. The Hall–Kier alpha value is -2.48. The molecule has 0 bridgehead atoms. The fourth-order valence-electron chi connectivity index (χ4n) is 2.82. The molecule has 3 heterocycles. The third kappa shape index (κ3) is 4.99. The summed E-state index contributed by atoms with van der Waals surface area (Å²) in [5.41, 5.74) is 0. The van der Waals surface area contributed by atoms with Crippen molar-refractivity contribution in [3.05, 3.63) is 30.9 Å². The molecule has 3 rings (SSSR count). The highest BCUT2D eigenvalue weighted by Gasteiger charge is 2.20. The Morgan fingerprint density at radius 3 is 2.44 bits per heavy atom. The number of nitrogens with one attached hydrogen (secondary N) is 1. The molecule has 0 saturated carbocycles. The highest BCUT2D eigenvalue weighted by Crippen LogP contribution is 2.17. The quantitative estimate of drug-likeness (QED) is 0.746. The van der Waals surface area contributed by atoms with Crippen molar-refractivity contribution in [1.29, 1.82) is 0 Å². The average Bonchev–Trinajstić information content (AvgIpc) is 2.66. The minimum absolute atomic E-state index is 0.799. The summed E-state index contributed by atoms with van der Waals surface area (Å²) in [5.74, 6) is 2.66. The third-order valence-corrected chi connectivity index (χ3v) is 4.18. The van der Waals surface area contributed by atoms with Gasteiger partial charge in [-0.1, -0.05) is 0 Å². The van der Waals surface area contributed by atoms with Gasteiger partial charge in [-0.2, -0.15) is 0 Å². The van der Waals surface area contributed by atoms with E-state index in [2.05, 4.69) is 54.0 Å². The van der Waals surface area contributed by atoms with E-state index in [1.807, 2.05) is 12.1 Å². The summed E-state index contributed by atoms with van der Waals surface area (Å²) >= 11 is 0. The lowest BCUT2D eigenvalue weighted by Gasteiger charge is -2.35. The fourth-order valence-corrected chi connectivity index (χ4v) is 2.82. The number of piperazine rings is 1. The minimum atomic E-state index is 0.799. The summed E-state index contributed by atoms with van der Waals surface area (Å²) in [7, 11) is 4.17. The van der Waals surface area contributed by atoms with E-state index in [1.165, 1.54) is 0 Å². The van der Waals surface area contributed by atoms with Crippen LogP contribution < -0.4 is 15.1 Å². The summed E-state index contributed by atoms with van der Waals surface area (Å²) in [6, 6.07) is 3.87. The smallest absolute Gasteiger partial charge is 0.225 e. The largest absolute Gasteiger partial charge is 0.370 e. The van der Waals surface area contributed by atoms with E-state index >= 15 is 0 Å². The standard InChI is InChI=1S/C17H26N8/c1-23(2)8-4-7-18-15-13-16(22-14-21-15)24-9-11-25(12-10-24)17-19-5-3-6-20-17/h3,5-6,13-14H,4,7-12H2,1-2H3,(H,18,21,22). The Labute approximate surface area is 148 Å². The zero-order valence-corrected chi connectivity index (χ0v) is 15.0. The second-order valence-corrected chi connectivity index (χ2v) is 6.37. The highest BCUT2D eigenvalue weighted by molar-refractivity contribution is 5.49. The normalized spacial score (nSPS) is 14.8. The van der Waals surface area contributed by atoms with E-state index < -0.39 is 0 Å². The molecule has 8 nitrogen and oxygen atoms in total. The second-order valence-electron chi connectivity index (χ2n) is 6.37. The molecule has 0 unspecified atom stereocenters. The number of aromatic nitrogens is 4. The van der Waals surface area contributed by atoms with Crippen molar-refractivity contribution in [2.24, 2.45) is 0 Å². The van der Waals surface area contributed by atoms with Crippen LogP contribution in [-0.2, 0) is 0 Å². The molecule has 25 heavy (non-hydrogen) atoms. The molecule has 2 aromatic rings. The molecule has 1 aliphatic rings. The van der Waals surface area contributed by atoms with Gasteiger partial charge in [-0.3, -0.25) is 0 Å². The number of hydrogen-bond donors (Lipinski definition) is 1. The van der Waals surface area contributed by atoms with Gasteiger partial charge < -0.3 is 20.0 Å². The van der Waals surface area contributed by atoms with Crippen molar-refractivity contribution in [2.75, 3.05) is 68.5 Å². The first kappa shape index (κ1) is 17.3. The summed E-state index contributed by atoms with van der Waals surface area (Å²) < 4.78 is 0. The van der Waals surface area contributed by atoms with Gasteiger partial charge in [0.15, 0.2) is 0 Å². The van der Waals surface area contributed by atoms with Gasteiger partial charge in [0.05, 0.1) is 0 Å². The van der Waals surface area contributed by atoms with Crippen LogP contribution in [0.2, 0.25) is 0 Å². The number of hydrogen-bond acceptors (Lipinski definition) is 8. The van der Waals surface area contributed by atoms with Crippen LogP contribution in [0.4, 0.5) is 17.6 Å². The van der Waals surface area contributed by atoms with Gasteiger partial charge in [-0.05, 0) is 33.1 Å². The van der Waals surface area contributed by atoms with E-state index in [4.69, 9.17) is 0 Å². The van der Waals surface area contributed by atoms with Gasteiger partial charge in [0.1, 0.15) is 18.0 Å². The predicted octanol–water partition coefficient (Wildman–Crippen LogP) is 0.957. The van der Waals surface area contributed by atoms with Crippen molar-refractivity contribution >= 4 is 17.6 Å². The second kappa shape index (κ2) is 8.57. The monoisotopic (exact) mass is 342 g/mol. The SMILES string of the molecule is CN(C)CCCNc1cc(N2CCN(c3ncccn3)CC2)ncn1. The van der Waals surface area contributed by atoms with Crippen LogP contribution in [0.5, 0.6) is 0 Å². The molecular weight excluding hydrogens is 316 g/mol. The molecule has 0 aromatic carbocycles. The lowest BCUT2D eigenvalue weighted by Crippen LogP contribution is -2.47. The van der Waals surface area contributed by atoms with E-state index in [9.17, 15) is 0 Å². The van der Waals surface area contributed by atoms with Crippen LogP contribution in [0, 0.1) is 0 Å². The molecule has 1 N–H and O–H groups in total. The molecule has 0 aliphatic carbocycles. The first-order valence-electron chi connectivity index (χ1n) is 8.70. The summed E-state index contributed by atoms with van der Waals surface area (Å²) in [6.45, 7) is 5.55. The van der Waals surface area contributed by atoms with Crippen molar-refractivity contribution in [1.82, 2.24) is 24.8 Å². The maximum atomic E-state index is 4.43. The number of anilines is 3. The maximum Gasteiger partial charge on any atom is 0.225 e. The van der Waals surface area contributed by atoms with E-state index in [0.29, 0.717) is 0 Å². The molecule has 0 atom stereocenters. The molecular formula is C17H26N8. The third-order valence-electron chi connectivity index (χ3n) is 4.18. The average molecular weight is 342 g/mol. The molecule has 0 radical (unpaired) electrons. The summed E-state index contributed by atoms with van der Waals surface area (Å²) in [4.78, 5) is 24.1. The van der Waals surface area contributed by atoms with Crippen LogP contribution in [0.15, 0.2) is 30.9 Å². The highest BCUT2D eigenvalue weighted by atomic mass is 15.3. The van der Waals surface area contributed by atoms with Gasteiger partial charge in [0, 0.05) is 51.2 Å². The molecule has 1 aliphatic heterocycles. The van der Waals surface area contributed by atoms with Crippen LogP contribution in [0.25, 0.3) is 0 Å². The first-order chi connectivity index (χ1) is 12.2. The van der Waals surface area contributed by atoms with Crippen molar-refractivity contribution < 1.29 is 0 Å². The van der Waals surface area contributed by atoms with Gasteiger partial charge >= 0.3 is 0 Å². The first-order valence-corrected chi connectivity index (χ1v) is 8.70. The molecule has 0 amide bonds. The summed E-state index contributed by atoms with van der Waals surface area (Å²) in [5, 5.41) is 3.38. The Morgan fingerprint density at radius 1 is 1.00 bits per heavy atom. The zero-order chi connectivity index (χ0) is 17.5. The number of nitrogens with zero attached hydrogens (tertiary/aromatic N) is 7. The van der Waals surface area contributed by atoms with Crippen molar-refractivity contribution in [3.8, 4) is 0 Å². The molecule has 1 fully saturated rings. The van der Waals surface area contributed by atoms with Gasteiger partial charge in [-0.25, -0.2) is 19.9 Å². The summed E-state index contributed by atoms with van der Waals surface area (Å²) in [6.07, 6.45) is 6.29. The lowest BCUT2D eigenvalue weighted by atomic mass is 10.3. The van der Waals surface area contributed by atoms with Crippen LogP contribution >= 0.6 is 0 Å². The Bertz CT molecular complexity index is 640. The van der Waals surface area contributed by atoms with E-state index in [-0.39, 0.29) is 0 Å². The molecule has 1 saturated heterocycles. The topological polar surface area (TPSA) is 73.3 Å². The van der Waals surface area contributed by atoms with Crippen molar-refractivity contribution in [2.45, 2.75) is 6.42 Å². The van der Waals surface area contributed by atoms with Crippen LogP contribution in [0.3, 0.4) is 0 Å². The predicted molar refractivity (Wildman–Crippen MR) is 100 cm³/mol. The Morgan fingerprint density at radius 2 is 1.72 bits per heavy atom. The van der Waals surface area contributed by atoms with Crippen molar-refractivity contribution in [3.63, 3.8) is 0 Å². The molecule has 8 heteroatoms. The van der Waals surface area contributed by atoms with Gasteiger partial charge in [0.25, 0.3) is 0 Å². The fraction of sp³-hybridized carbons (Fsp3) is 0.529. The van der Waals surface area contributed by atoms with Gasteiger partial charge in [-0.15, -0.1) is 0 Å². The van der Waals surface area contributed by atoms with E-state index in [1.54, 1.807) is 18.7 Å². The lowest BCUT2D eigenvalue weighted by molar-refractivity contribution is 0.405. The maximum absolute atomic E-state index is 4.43. The Kier molecular flexibility index (Phi) is 5.95. The molecule has 0 spiro atoms. The van der Waals surface area contributed by atoms with Crippen LogP contribution in [0.1, 0.15) is 6.42 Å².